The van der Waals surface area contributed by atoms with Gasteiger partial charge in [0.1, 0.15) is 0 Å². The molecule has 0 amide bonds. The Labute approximate surface area is 202 Å². The van der Waals surface area contributed by atoms with Gasteiger partial charge in [-0.1, -0.05) is 59.1 Å². The molecule has 4 aromatic rings. The van der Waals surface area contributed by atoms with Crippen molar-refractivity contribution in [2.24, 2.45) is 0 Å². The smallest absolute Gasteiger partial charge is 0.176 e. The average Bonchev–Trinajstić information content (AvgIpc) is 3.32. The van der Waals surface area contributed by atoms with E-state index in [9.17, 15) is 0 Å². The Hall–Kier alpha value is -2.87. The van der Waals surface area contributed by atoms with Gasteiger partial charge in [-0.25, -0.2) is 0 Å². The lowest BCUT2D eigenvalue weighted by atomic mass is 10.1. The molecule has 0 aliphatic rings. The van der Waals surface area contributed by atoms with Crippen LogP contribution in [0.2, 0.25) is 10.0 Å². The van der Waals surface area contributed by atoms with Crippen LogP contribution in [-0.2, 0) is 13.1 Å². The van der Waals surface area contributed by atoms with Crippen LogP contribution in [0.4, 0.5) is 11.5 Å². The Kier molecular flexibility index (Phi) is 6.79. The third-order valence-corrected chi connectivity index (χ3v) is 5.84. The van der Waals surface area contributed by atoms with Gasteiger partial charge in [0.2, 0.25) is 0 Å². The van der Waals surface area contributed by atoms with Crippen molar-refractivity contribution in [3.8, 4) is 0 Å². The monoisotopic (exact) mass is 484 g/mol. The number of nitrogens with zero attached hydrogens (tertiary/aromatic N) is 4. The van der Waals surface area contributed by atoms with Gasteiger partial charge in [-0.15, -0.1) is 0 Å². The van der Waals surface area contributed by atoms with E-state index < -0.39 is 0 Å². The van der Waals surface area contributed by atoms with E-state index in [2.05, 4.69) is 52.0 Å². The first kappa shape index (κ1) is 22.3. The predicted molar refractivity (Wildman–Crippen MR) is 135 cm³/mol. The summed E-state index contributed by atoms with van der Waals surface area (Å²) >= 11 is 17.6. The van der Waals surface area contributed by atoms with Crippen molar-refractivity contribution in [1.82, 2.24) is 19.6 Å². The second-order valence-corrected chi connectivity index (χ2v) is 8.79. The quantitative estimate of drug-likeness (QED) is 0.333. The third-order valence-electron chi connectivity index (χ3n) is 4.90. The molecular formula is C23H22Cl2N6S. The lowest BCUT2D eigenvalue weighted by molar-refractivity contribution is 0.668. The maximum absolute atomic E-state index is 6.12. The fourth-order valence-electron chi connectivity index (χ4n) is 3.22. The number of halogens is 2. The molecule has 164 valence electrons. The van der Waals surface area contributed by atoms with Gasteiger partial charge >= 0.3 is 0 Å². The normalized spacial score (nSPS) is 10.9. The van der Waals surface area contributed by atoms with Crippen molar-refractivity contribution >= 4 is 52.0 Å². The van der Waals surface area contributed by atoms with Crippen LogP contribution >= 0.6 is 35.4 Å². The molecule has 0 bridgehead atoms. The zero-order chi connectivity index (χ0) is 22.7. The van der Waals surface area contributed by atoms with Crippen LogP contribution in [0.25, 0.3) is 0 Å². The average molecular weight is 485 g/mol. The Balaban J connectivity index is 1.35. The van der Waals surface area contributed by atoms with Crippen LogP contribution in [0.1, 0.15) is 22.4 Å². The van der Waals surface area contributed by atoms with Gasteiger partial charge in [0.25, 0.3) is 0 Å². The second kappa shape index (κ2) is 9.73. The third kappa shape index (κ3) is 5.68. The highest BCUT2D eigenvalue weighted by Crippen LogP contribution is 2.23. The number of rotatable bonds is 6. The largest absolute Gasteiger partial charge is 0.330 e. The van der Waals surface area contributed by atoms with Gasteiger partial charge in [-0.05, 0) is 49.3 Å². The van der Waals surface area contributed by atoms with E-state index in [1.165, 1.54) is 11.1 Å². The standard InChI is InChI=1S/C23H22Cl2N6S/c1-15-3-5-17(6-4-15)12-30-14-19(11-26-30)27-23(32)28-22-9-16(2)31(29-22)13-18-7-8-20(24)21(25)10-18/h3-11,14H,12-13H2,1-2H3,(H2,27,28,29,32). The second-order valence-electron chi connectivity index (χ2n) is 7.57. The molecule has 2 N–H and O–H groups in total. The SMILES string of the molecule is Cc1ccc(Cn2cc(NC(=S)Nc3cc(C)n(Cc4ccc(Cl)c(Cl)c4)n3)cn2)cc1. The van der Waals surface area contributed by atoms with Crippen LogP contribution in [0, 0.1) is 13.8 Å². The first-order valence-electron chi connectivity index (χ1n) is 10.00. The van der Waals surface area contributed by atoms with Gasteiger partial charge in [0.05, 0.1) is 35.0 Å². The van der Waals surface area contributed by atoms with E-state index in [1.54, 1.807) is 12.3 Å². The van der Waals surface area contributed by atoms with Gasteiger partial charge in [-0.2, -0.15) is 10.2 Å². The summed E-state index contributed by atoms with van der Waals surface area (Å²) in [6.45, 7) is 5.34. The number of nitrogens with one attached hydrogen (secondary N) is 2. The topological polar surface area (TPSA) is 59.7 Å². The molecule has 0 atom stereocenters. The fourth-order valence-corrected chi connectivity index (χ4v) is 3.76. The summed E-state index contributed by atoms with van der Waals surface area (Å²) in [4.78, 5) is 0. The summed E-state index contributed by atoms with van der Waals surface area (Å²) in [5, 5.41) is 16.8. The summed E-state index contributed by atoms with van der Waals surface area (Å²) in [5.41, 5.74) is 5.24. The van der Waals surface area contributed by atoms with Crippen molar-refractivity contribution in [2.45, 2.75) is 26.9 Å². The van der Waals surface area contributed by atoms with Gasteiger partial charge in [0, 0.05) is 18.0 Å². The van der Waals surface area contributed by atoms with Gasteiger partial charge in [-0.3, -0.25) is 9.36 Å². The lowest BCUT2D eigenvalue weighted by Crippen LogP contribution is -2.19. The van der Waals surface area contributed by atoms with Crippen molar-refractivity contribution in [2.75, 3.05) is 10.6 Å². The number of benzene rings is 2. The van der Waals surface area contributed by atoms with Crippen LogP contribution in [-0.4, -0.2) is 24.7 Å². The summed E-state index contributed by atoms with van der Waals surface area (Å²) in [5.74, 6) is 0.659. The highest BCUT2D eigenvalue weighted by molar-refractivity contribution is 7.80. The molecule has 0 unspecified atom stereocenters. The van der Waals surface area contributed by atoms with Gasteiger partial charge in [0.15, 0.2) is 10.9 Å². The van der Waals surface area contributed by atoms with E-state index in [-0.39, 0.29) is 0 Å². The number of anilines is 2. The maximum atomic E-state index is 6.12. The first-order chi connectivity index (χ1) is 15.4. The number of hydrogen-bond donors (Lipinski definition) is 2. The number of thiocarbonyl (C=S) groups is 1. The first-order valence-corrected chi connectivity index (χ1v) is 11.2. The van der Waals surface area contributed by atoms with Crippen LogP contribution in [0.5, 0.6) is 0 Å². The number of aromatic nitrogens is 4. The lowest BCUT2D eigenvalue weighted by Gasteiger charge is -2.07. The zero-order valence-electron chi connectivity index (χ0n) is 17.6. The number of hydrogen-bond acceptors (Lipinski definition) is 3. The molecule has 0 spiro atoms. The molecule has 0 saturated carbocycles. The fraction of sp³-hybridized carbons (Fsp3) is 0.174. The molecule has 9 heteroatoms. The van der Waals surface area contributed by atoms with E-state index in [0.717, 1.165) is 16.9 Å². The van der Waals surface area contributed by atoms with E-state index >= 15 is 0 Å². The number of aryl methyl sites for hydroxylation is 2. The van der Waals surface area contributed by atoms with Gasteiger partial charge < -0.3 is 10.6 Å². The molecule has 0 aliphatic heterocycles. The summed E-state index contributed by atoms with van der Waals surface area (Å²) in [6, 6.07) is 15.9. The Morgan fingerprint density at radius 3 is 2.44 bits per heavy atom. The molecule has 0 aliphatic carbocycles. The van der Waals surface area contributed by atoms with E-state index in [0.29, 0.717) is 34.1 Å². The molecule has 0 radical (unpaired) electrons. The minimum absolute atomic E-state index is 0.444. The molecule has 0 fully saturated rings. The highest BCUT2D eigenvalue weighted by Gasteiger charge is 2.09. The minimum atomic E-state index is 0.444. The molecular weight excluding hydrogens is 463 g/mol. The van der Waals surface area contributed by atoms with Crippen molar-refractivity contribution in [3.63, 3.8) is 0 Å². The Morgan fingerprint density at radius 2 is 1.69 bits per heavy atom. The van der Waals surface area contributed by atoms with Crippen LogP contribution in [0.15, 0.2) is 60.9 Å². The molecule has 4 rings (SSSR count). The Bertz CT molecular complexity index is 1250. The van der Waals surface area contributed by atoms with E-state index in [1.807, 2.05) is 40.7 Å². The summed E-state index contributed by atoms with van der Waals surface area (Å²) in [6.07, 6.45) is 3.66. The molecule has 0 saturated heterocycles. The summed E-state index contributed by atoms with van der Waals surface area (Å²) in [7, 11) is 0. The predicted octanol–water partition coefficient (Wildman–Crippen LogP) is 5.91. The Morgan fingerprint density at radius 1 is 0.938 bits per heavy atom. The maximum Gasteiger partial charge on any atom is 0.176 e. The molecule has 2 aromatic heterocycles. The van der Waals surface area contributed by atoms with Crippen molar-refractivity contribution in [1.29, 1.82) is 0 Å². The molecule has 6 nitrogen and oxygen atoms in total. The highest BCUT2D eigenvalue weighted by atomic mass is 35.5. The molecule has 2 heterocycles. The molecule has 2 aromatic carbocycles. The molecule has 32 heavy (non-hydrogen) atoms. The van der Waals surface area contributed by atoms with E-state index in [4.69, 9.17) is 35.4 Å². The van der Waals surface area contributed by atoms with Crippen molar-refractivity contribution < 1.29 is 0 Å². The van der Waals surface area contributed by atoms with Crippen LogP contribution in [0.3, 0.4) is 0 Å². The summed E-state index contributed by atoms with van der Waals surface area (Å²) < 4.78 is 3.75. The van der Waals surface area contributed by atoms with Crippen molar-refractivity contribution in [3.05, 3.63) is 93.4 Å². The minimum Gasteiger partial charge on any atom is -0.330 e. The van der Waals surface area contributed by atoms with Crippen LogP contribution < -0.4 is 10.6 Å². The zero-order valence-corrected chi connectivity index (χ0v) is 20.0.